The summed E-state index contributed by atoms with van der Waals surface area (Å²) in [4.78, 5) is 10.2. The van der Waals surface area contributed by atoms with E-state index in [-0.39, 0.29) is 0 Å². The van der Waals surface area contributed by atoms with Gasteiger partial charge in [-0.15, -0.1) is 0 Å². The summed E-state index contributed by atoms with van der Waals surface area (Å²) in [6.45, 7) is 0. The minimum atomic E-state index is -1.03. The van der Waals surface area contributed by atoms with E-state index in [0.29, 0.717) is 12.1 Å². The number of rotatable bonds is 4. The molecule has 0 radical (unpaired) electrons. The van der Waals surface area contributed by atoms with Crippen molar-refractivity contribution in [1.82, 2.24) is 0 Å². The molecule has 14 heavy (non-hydrogen) atoms. The molecule has 3 nitrogen and oxygen atoms in total. The Kier molecular flexibility index (Phi) is 3.61. The lowest BCUT2D eigenvalue weighted by atomic mass is 10.1. The Balaban J connectivity index is 2.54. The predicted molar refractivity (Wildman–Crippen MR) is 54.6 cm³/mol. The van der Waals surface area contributed by atoms with Crippen LogP contribution in [0.5, 0.6) is 0 Å². The van der Waals surface area contributed by atoms with Crippen LogP contribution in [0.3, 0.4) is 0 Å². The molecule has 0 amide bonds. The van der Waals surface area contributed by atoms with Crippen molar-refractivity contribution in [2.45, 2.75) is 6.42 Å². The average molecular weight is 189 g/mol. The van der Waals surface area contributed by atoms with Crippen molar-refractivity contribution in [3.05, 3.63) is 48.0 Å². The molecule has 72 valence electrons. The fourth-order valence-corrected chi connectivity index (χ4v) is 1.05. The molecule has 0 unspecified atom stereocenters. The predicted octanol–water partition coefficient (Wildman–Crippen LogP) is 1.89. The summed E-state index contributed by atoms with van der Waals surface area (Å²) < 4.78 is 0. The Morgan fingerprint density at radius 1 is 1.29 bits per heavy atom. The Morgan fingerprint density at radius 3 is 2.50 bits per heavy atom. The van der Waals surface area contributed by atoms with Gasteiger partial charge in [0.2, 0.25) is 0 Å². The highest BCUT2D eigenvalue weighted by Gasteiger charge is 1.95. The van der Waals surface area contributed by atoms with Gasteiger partial charge in [-0.2, -0.15) is 0 Å². The highest BCUT2D eigenvalue weighted by Crippen LogP contribution is 2.00. The summed E-state index contributed by atoms with van der Waals surface area (Å²) in [6.07, 6.45) is 2.74. The van der Waals surface area contributed by atoms with E-state index in [0.717, 1.165) is 11.6 Å². The highest BCUT2D eigenvalue weighted by atomic mass is 16.4. The SMILES string of the molecule is N=C(C=CC(=O)O)Cc1ccccc1. The number of benzene rings is 1. The van der Waals surface area contributed by atoms with Crippen LogP contribution in [0.1, 0.15) is 5.56 Å². The first kappa shape index (κ1) is 10.2. The van der Waals surface area contributed by atoms with Crippen molar-refractivity contribution in [2.24, 2.45) is 0 Å². The van der Waals surface area contributed by atoms with Gasteiger partial charge in [-0.05, 0) is 11.6 Å². The number of allylic oxidation sites excluding steroid dienone is 1. The molecule has 1 aromatic carbocycles. The molecule has 0 saturated heterocycles. The van der Waals surface area contributed by atoms with E-state index in [4.69, 9.17) is 10.5 Å². The minimum absolute atomic E-state index is 0.290. The van der Waals surface area contributed by atoms with Crippen LogP contribution in [-0.4, -0.2) is 16.8 Å². The molecule has 2 N–H and O–H groups in total. The Labute approximate surface area is 82.2 Å². The summed E-state index contributed by atoms with van der Waals surface area (Å²) in [5, 5.41) is 15.8. The monoisotopic (exact) mass is 189 g/mol. The lowest BCUT2D eigenvalue weighted by molar-refractivity contribution is -0.131. The molecule has 3 heteroatoms. The van der Waals surface area contributed by atoms with Gasteiger partial charge in [-0.1, -0.05) is 30.3 Å². The maximum absolute atomic E-state index is 10.2. The molecule has 0 aliphatic carbocycles. The van der Waals surface area contributed by atoms with Crippen LogP contribution < -0.4 is 0 Å². The molecule has 0 aliphatic heterocycles. The topological polar surface area (TPSA) is 61.2 Å². The van der Waals surface area contributed by atoms with Crippen molar-refractivity contribution < 1.29 is 9.90 Å². The lowest BCUT2D eigenvalue weighted by Gasteiger charge is -1.97. The van der Waals surface area contributed by atoms with E-state index in [9.17, 15) is 4.79 Å². The third-order valence-electron chi connectivity index (χ3n) is 1.66. The van der Waals surface area contributed by atoms with E-state index in [1.54, 1.807) is 0 Å². The van der Waals surface area contributed by atoms with Crippen molar-refractivity contribution in [1.29, 1.82) is 5.41 Å². The van der Waals surface area contributed by atoms with Gasteiger partial charge in [0.25, 0.3) is 0 Å². The highest BCUT2D eigenvalue weighted by molar-refractivity contribution is 5.98. The summed E-state index contributed by atoms with van der Waals surface area (Å²) in [6, 6.07) is 9.50. The zero-order valence-electron chi connectivity index (χ0n) is 7.60. The first-order chi connectivity index (χ1) is 6.68. The first-order valence-electron chi connectivity index (χ1n) is 4.21. The smallest absolute Gasteiger partial charge is 0.328 e. The van der Waals surface area contributed by atoms with Crippen molar-refractivity contribution in [3.8, 4) is 0 Å². The normalized spacial score (nSPS) is 10.3. The summed E-state index contributed by atoms with van der Waals surface area (Å²) in [7, 11) is 0. The zero-order valence-corrected chi connectivity index (χ0v) is 7.60. The average Bonchev–Trinajstić information content (AvgIpc) is 2.16. The second kappa shape index (κ2) is 4.97. The number of carboxylic acids is 1. The number of carbonyl (C=O) groups is 1. The van der Waals surface area contributed by atoms with Crippen LogP contribution in [0.4, 0.5) is 0 Å². The van der Waals surface area contributed by atoms with Gasteiger partial charge >= 0.3 is 5.97 Å². The van der Waals surface area contributed by atoms with Gasteiger partial charge in [-0.3, -0.25) is 0 Å². The largest absolute Gasteiger partial charge is 0.478 e. The maximum atomic E-state index is 10.2. The quantitative estimate of drug-likeness (QED) is 0.561. The molecular weight excluding hydrogens is 178 g/mol. The van der Waals surface area contributed by atoms with Gasteiger partial charge < -0.3 is 10.5 Å². The van der Waals surface area contributed by atoms with E-state index in [1.165, 1.54) is 6.08 Å². The number of aliphatic carboxylic acids is 1. The molecule has 0 atom stereocenters. The van der Waals surface area contributed by atoms with Gasteiger partial charge in [0, 0.05) is 18.2 Å². The second-order valence-electron chi connectivity index (χ2n) is 2.86. The van der Waals surface area contributed by atoms with Gasteiger partial charge in [-0.25, -0.2) is 4.79 Å². The van der Waals surface area contributed by atoms with Crippen molar-refractivity contribution in [2.75, 3.05) is 0 Å². The molecule has 0 spiro atoms. The number of carboxylic acid groups (broad SMARTS) is 1. The maximum Gasteiger partial charge on any atom is 0.328 e. The summed E-state index contributed by atoms with van der Waals surface area (Å²) in [5.74, 6) is -1.03. The summed E-state index contributed by atoms with van der Waals surface area (Å²) in [5.41, 5.74) is 1.30. The first-order valence-corrected chi connectivity index (χ1v) is 4.21. The van der Waals surface area contributed by atoms with E-state index < -0.39 is 5.97 Å². The fourth-order valence-electron chi connectivity index (χ4n) is 1.05. The van der Waals surface area contributed by atoms with Gasteiger partial charge in [0.05, 0.1) is 0 Å². The molecular formula is C11H11NO2. The Bertz CT molecular complexity index is 355. The zero-order chi connectivity index (χ0) is 10.4. The van der Waals surface area contributed by atoms with Crippen LogP contribution in [-0.2, 0) is 11.2 Å². The van der Waals surface area contributed by atoms with E-state index in [2.05, 4.69) is 0 Å². The third-order valence-corrected chi connectivity index (χ3v) is 1.66. The van der Waals surface area contributed by atoms with E-state index in [1.807, 2.05) is 30.3 Å². The number of hydrogen-bond donors (Lipinski definition) is 2. The Morgan fingerprint density at radius 2 is 1.93 bits per heavy atom. The van der Waals surface area contributed by atoms with Crippen LogP contribution in [0.2, 0.25) is 0 Å². The fraction of sp³-hybridized carbons (Fsp3) is 0.0909. The Hall–Kier alpha value is -1.90. The lowest BCUT2D eigenvalue weighted by Crippen LogP contribution is -1.98. The molecule has 0 bridgehead atoms. The minimum Gasteiger partial charge on any atom is -0.478 e. The molecule has 0 saturated carbocycles. The molecule has 0 aliphatic rings. The molecule has 0 fully saturated rings. The van der Waals surface area contributed by atoms with Crippen LogP contribution in [0.15, 0.2) is 42.5 Å². The van der Waals surface area contributed by atoms with Crippen LogP contribution in [0.25, 0.3) is 0 Å². The third kappa shape index (κ3) is 3.67. The standard InChI is InChI=1S/C11H11NO2/c12-10(6-7-11(13)14)8-9-4-2-1-3-5-9/h1-7,12H,8H2,(H,13,14). The van der Waals surface area contributed by atoms with E-state index >= 15 is 0 Å². The second-order valence-corrected chi connectivity index (χ2v) is 2.86. The number of nitrogens with one attached hydrogen (secondary N) is 1. The van der Waals surface area contributed by atoms with Gasteiger partial charge in [0.1, 0.15) is 0 Å². The molecule has 1 aromatic rings. The van der Waals surface area contributed by atoms with Crippen LogP contribution >= 0.6 is 0 Å². The molecule has 1 rings (SSSR count). The van der Waals surface area contributed by atoms with Crippen molar-refractivity contribution in [3.63, 3.8) is 0 Å². The molecule has 0 heterocycles. The van der Waals surface area contributed by atoms with Gasteiger partial charge in [0.15, 0.2) is 0 Å². The number of hydrogen-bond acceptors (Lipinski definition) is 2. The molecule has 0 aromatic heterocycles. The van der Waals surface area contributed by atoms with Crippen molar-refractivity contribution >= 4 is 11.7 Å². The summed E-state index contributed by atoms with van der Waals surface area (Å²) >= 11 is 0. The van der Waals surface area contributed by atoms with Crippen LogP contribution in [0, 0.1) is 5.41 Å².